The van der Waals surface area contributed by atoms with Gasteiger partial charge in [0.2, 0.25) is 0 Å². The second-order valence-corrected chi connectivity index (χ2v) is 8.52. The van der Waals surface area contributed by atoms with E-state index in [1.807, 2.05) is 6.08 Å². The van der Waals surface area contributed by atoms with Gasteiger partial charge in [-0.2, -0.15) is 0 Å². The van der Waals surface area contributed by atoms with Crippen LogP contribution < -0.4 is 0 Å². The van der Waals surface area contributed by atoms with Crippen LogP contribution in [0.1, 0.15) is 142 Å². The van der Waals surface area contributed by atoms with Crippen LogP contribution in [0.15, 0.2) is 24.5 Å². The second-order valence-electron chi connectivity index (χ2n) is 8.52. The Labute approximate surface area is 182 Å². The van der Waals surface area contributed by atoms with E-state index in [0.29, 0.717) is 0 Å². The summed E-state index contributed by atoms with van der Waals surface area (Å²) in [5.41, 5.74) is 0. The lowest BCUT2D eigenvalue weighted by Gasteiger charge is -2.03. The Morgan fingerprint density at radius 2 is 0.966 bits per heavy atom. The Morgan fingerprint density at radius 3 is 1.34 bits per heavy atom. The Hall–Kier alpha value is -1.05. The van der Waals surface area contributed by atoms with Crippen molar-refractivity contribution in [2.45, 2.75) is 142 Å². The zero-order valence-corrected chi connectivity index (χ0v) is 19.8. The number of hydrogen-bond acceptors (Lipinski definition) is 2. The lowest BCUT2D eigenvalue weighted by Crippen LogP contribution is -1.88. The highest BCUT2D eigenvalue weighted by molar-refractivity contribution is 5.66. The van der Waals surface area contributed by atoms with Crippen LogP contribution in [0.2, 0.25) is 0 Å². The highest BCUT2D eigenvalue weighted by Crippen LogP contribution is 2.14. The maximum Gasteiger partial charge on any atom is 0.307 e. The van der Waals surface area contributed by atoms with Crippen molar-refractivity contribution in [1.29, 1.82) is 0 Å². The van der Waals surface area contributed by atoms with Crippen molar-refractivity contribution in [2.75, 3.05) is 0 Å². The van der Waals surface area contributed by atoms with Gasteiger partial charge >= 0.3 is 5.97 Å². The molecule has 0 N–H and O–H groups in total. The van der Waals surface area contributed by atoms with E-state index in [2.05, 4.69) is 13.0 Å². The number of ether oxygens (including phenoxy) is 1. The third kappa shape index (κ3) is 26.9. The fraction of sp³-hybridized carbons (Fsp3) is 0.815. The van der Waals surface area contributed by atoms with Crippen LogP contribution in [0, 0.1) is 0 Å². The number of carbonyl (C=O) groups excluding carboxylic acids is 1. The maximum absolute atomic E-state index is 10.6. The maximum atomic E-state index is 10.6. The molecule has 0 aromatic heterocycles. The molecule has 0 saturated carbocycles. The van der Waals surface area contributed by atoms with E-state index < -0.39 is 0 Å². The molecule has 0 bridgehead atoms. The first kappa shape index (κ1) is 27.9. The molecule has 0 atom stereocenters. The molecular formula is C27H50O2. The number of rotatable bonds is 22. The Bertz CT molecular complexity index is 384. The largest absolute Gasteiger partial charge is 0.435 e. The van der Waals surface area contributed by atoms with E-state index in [-0.39, 0.29) is 5.97 Å². The van der Waals surface area contributed by atoms with Gasteiger partial charge < -0.3 is 4.74 Å². The van der Waals surface area contributed by atoms with Crippen molar-refractivity contribution in [3.8, 4) is 0 Å². The monoisotopic (exact) mass is 406 g/mol. The van der Waals surface area contributed by atoms with Gasteiger partial charge in [0.1, 0.15) is 0 Å². The van der Waals surface area contributed by atoms with Crippen molar-refractivity contribution in [3.63, 3.8) is 0 Å². The summed E-state index contributed by atoms with van der Waals surface area (Å²) in [5.74, 6) is -0.270. The van der Waals surface area contributed by atoms with Gasteiger partial charge in [-0.15, -0.1) is 0 Å². The highest BCUT2D eigenvalue weighted by atomic mass is 16.5. The standard InChI is InChI=1S/C27H50O2/c1-3-4-5-6-7-8-9-10-11-12-13-14-15-16-17-18-19-20-21-22-23-24-25-26-29-27(2)28/h23-26H,3-22H2,1-2H3. The lowest BCUT2D eigenvalue weighted by molar-refractivity contribution is -0.135. The smallest absolute Gasteiger partial charge is 0.307 e. The summed E-state index contributed by atoms with van der Waals surface area (Å²) in [6, 6.07) is 0. The first-order valence-electron chi connectivity index (χ1n) is 12.8. The first-order valence-corrected chi connectivity index (χ1v) is 12.8. The molecule has 0 saturated heterocycles. The quantitative estimate of drug-likeness (QED) is 0.0774. The molecule has 0 fully saturated rings. The molecule has 0 radical (unpaired) electrons. The van der Waals surface area contributed by atoms with Crippen molar-refractivity contribution in [3.05, 3.63) is 24.5 Å². The van der Waals surface area contributed by atoms with Crippen LogP contribution in [-0.2, 0) is 9.53 Å². The van der Waals surface area contributed by atoms with E-state index in [1.54, 1.807) is 6.08 Å². The van der Waals surface area contributed by atoms with Gasteiger partial charge in [-0.05, 0) is 18.9 Å². The van der Waals surface area contributed by atoms with Crippen molar-refractivity contribution in [2.24, 2.45) is 0 Å². The Kier molecular flexibility index (Phi) is 24.1. The summed E-state index contributed by atoms with van der Waals surface area (Å²) < 4.78 is 4.72. The summed E-state index contributed by atoms with van der Waals surface area (Å²) >= 11 is 0. The van der Waals surface area contributed by atoms with E-state index in [4.69, 9.17) is 4.74 Å². The number of carbonyl (C=O) groups is 1. The van der Waals surface area contributed by atoms with Crippen LogP contribution in [0.3, 0.4) is 0 Å². The minimum absolute atomic E-state index is 0.270. The molecule has 0 aliphatic carbocycles. The van der Waals surface area contributed by atoms with Gasteiger partial charge in [-0.1, -0.05) is 135 Å². The van der Waals surface area contributed by atoms with E-state index in [0.717, 1.165) is 6.42 Å². The molecule has 0 heterocycles. The average molecular weight is 407 g/mol. The predicted molar refractivity (Wildman–Crippen MR) is 128 cm³/mol. The second kappa shape index (κ2) is 25.0. The molecule has 0 aliphatic heterocycles. The molecule has 0 aliphatic rings. The summed E-state index contributed by atoms with van der Waals surface area (Å²) in [6.07, 6.45) is 35.4. The molecule has 170 valence electrons. The zero-order chi connectivity index (χ0) is 21.3. The molecule has 0 aromatic rings. The van der Waals surface area contributed by atoms with Crippen LogP contribution in [-0.4, -0.2) is 5.97 Å². The van der Waals surface area contributed by atoms with Crippen molar-refractivity contribution < 1.29 is 9.53 Å². The topological polar surface area (TPSA) is 26.3 Å². The third-order valence-electron chi connectivity index (χ3n) is 5.53. The van der Waals surface area contributed by atoms with Gasteiger partial charge in [-0.25, -0.2) is 0 Å². The van der Waals surface area contributed by atoms with Gasteiger partial charge in [-0.3, -0.25) is 4.79 Å². The zero-order valence-electron chi connectivity index (χ0n) is 19.8. The Balaban J connectivity index is 3.09. The number of hydrogen-bond donors (Lipinski definition) is 0. The molecule has 0 amide bonds. The minimum Gasteiger partial charge on any atom is -0.435 e. The van der Waals surface area contributed by atoms with Crippen LogP contribution >= 0.6 is 0 Å². The Morgan fingerprint density at radius 1 is 0.586 bits per heavy atom. The summed E-state index contributed by atoms with van der Waals surface area (Å²) in [6.45, 7) is 3.70. The lowest BCUT2D eigenvalue weighted by atomic mass is 10.0. The molecule has 0 rings (SSSR count). The average Bonchev–Trinajstić information content (AvgIpc) is 2.71. The highest BCUT2D eigenvalue weighted by Gasteiger charge is 1.95. The molecular weight excluding hydrogens is 356 g/mol. The van der Waals surface area contributed by atoms with E-state index in [9.17, 15) is 4.79 Å². The fourth-order valence-electron chi connectivity index (χ4n) is 3.70. The molecule has 0 unspecified atom stereocenters. The number of unbranched alkanes of at least 4 members (excludes halogenated alkanes) is 19. The summed E-state index contributed by atoms with van der Waals surface area (Å²) in [5, 5.41) is 0. The van der Waals surface area contributed by atoms with Crippen LogP contribution in [0.4, 0.5) is 0 Å². The molecule has 0 aromatic carbocycles. The van der Waals surface area contributed by atoms with E-state index in [1.165, 1.54) is 135 Å². The van der Waals surface area contributed by atoms with Gasteiger partial charge in [0.25, 0.3) is 0 Å². The van der Waals surface area contributed by atoms with Crippen LogP contribution in [0.5, 0.6) is 0 Å². The van der Waals surface area contributed by atoms with Gasteiger partial charge in [0, 0.05) is 6.92 Å². The third-order valence-corrected chi connectivity index (χ3v) is 5.53. The molecule has 2 nitrogen and oxygen atoms in total. The molecule has 0 spiro atoms. The van der Waals surface area contributed by atoms with Crippen molar-refractivity contribution in [1.82, 2.24) is 0 Å². The van der Waals surface area contributed by atoms with Crippen LogP contribution in [0.25, 0.3) is 0 Å². The van der Waals surface area contributed by atoms with Gasteiger partial charge in [0.15, 0.2) is 0 Å². The molecule has 29 heavy (non-hydrogen) atoms. The SMILES string of the molecule is CCCCCCCCCCCCCCCCCCCCCC=CC=COC(C)=O. The minimum atomic E-state index is -0.270. The van der Waals surface area contributed by atoms with Gasteiger partial charge in [0.05, 0.1) is 6.26 Å². The predicted octanol–water partition coefficient (Wildman–Crippen LogP) is 9.44. The van der Waals surface area contributed by atoms with E-state index >= 15 is 0 Å². The normalized spacial score (nSPS) is 11.7. The number of allylic oxidation sites excluding steroid dienone is 3. The summed E-state index contributed by atoms with van der Waals surface area (Å²) in [4.78, 5) is 10.6. The molecule has 2 heteroatoms. The number of esters is 1. The fourth-order valence-corrected chi connectivity index (χ4v) is 3.70. The summed E-state index contributed by atoms with van der Waals surface area (Å²) in [7, 11) is 0. The first-order chi connectivity index (χ1) is 14.3. The van der Waals surface area contributed by atoms with Crippen molar-refractivity contribution >= 4 is 5.97 Å².